The number of ether oxygens (including phenoxy) is 1. The zero-order chi connectivity index (χ0) is 27.6. The molecule has 1 amide bonds. The second-order valence-electron chi connectivity index (χ2n) is 11.2. The van der Waals surface area contributed by atoms with Gasteiger partial charge in [0.15, 0.2) is 11.6 Å². The Hall–Kier alpha value is -4.20. The minimum Gasteiger partial charge on any atom is -0.444 e. The van der Waals surface area contributed by atoms with Crippen molar-refractivity contribution in [3.63, 3.8) is 0 Å². The highest BCUT2D eigenvalue weighted by Crippen LogP contribution is 2.40. The van der Waals surface area contributed by atoms with Gasteiger partial charge < -0.3 is 15.0 Å². The fourth-order valence-corrected chi connectivity index (χ4v) is 5.13. The molecule has 8 nitrogen and oxygen atoms in total. The van der Waals surface area contributed by atoms with E-state index in [0.29, 0.717) is 11.6 Å². The first-order chi connectivity index (χ1) is 18.7. The molecular weight excluding hydrogens is 488 g/mol. The molecule has 0 saturated carbocycles. The number of carbonyl (C=O) groups excluding carboxylic acids is 1. The van der Waals surface area contributed by atoms with Crippen LogP contribution in [0.3, 0.4) is 0 Å². The third-order valence-corrected chi connectivity index (χ3v) is 6.75. The molecule has 2 N–H and O–H groups in total. The normalized spacial score (nSPS) is 14.3. The van der Waals surface area contributed by atoms with E-state index in [2.05, 4.69) is 57.4 Å². The van der Waals surface area contributed by atoms with Crippen LogP contribution >= 0.6 is 0 Å². The number of nitrogens with one attached hydrogen (secondary N) is 2. The van der Waals surface area contributed by atoms with Gasteiger partial charge in [-0.3, -0.25) is 10.1 Å². The number of aryl methyl sites for hydroxylation is 2. The standard InChI is InChI=1S/C31H36N6O2/c1-20-15-21(2)17-23(16-20)25-18-32-19-26(29-34-28(35-36-29)22-9-7-6-8-10-22)27(25)37-13-11-24(12-14-37)33-30(38)39-31(3,4)5/h6-10,15-19,24H,11-14H2,1-5H3,(H,33,38)(H,34,35,36). The molecule has 5 rings (SSSR count). The largest absolute Gasteiger partial charge is 0.444 e. The molecule has 0 spiro atoms. The summed E-state index contributed by atoms with van der Waals surface area (Å²) in [6.45, 7) is 11.4. The van der Waals surface area contributed by atoms with Crippen LogP contribution in [0.2, 0.25) is 0 Å². The zero-order valence-corrected chi connectivity index (χ0v) is 23.3. The maximum Gasteiger partial charge on any atom is 0.407 e. The number of hydrogen-bond acceptors (Lipinski definition) is 6. The number of aromatic amines is 1. The maximum absolute atomic E-state index is 12.4. The van der Waals surface area contributed by atoms with Crippen LogP contribution < -0.4 is 10.2 Å². The average molecular weight is 525 g/mol. The summed E-state index contributed by atoms with van der Waals surface area (Å²) >= 11 is 0. The summed E-state index contributed by atoms with van der Waals surface area (Å²) in [4.78, 5) is 24.2. The van der Waals surface area contributed by atoms with Crippen molar-refractivity contribution in [2.24, 2.45) is 0 Å². The zero-order valence-electron chi connectivity index (χ0n) is 23.3. The lowest BCUT2D eigenvalue weighted by Crippen LogP contribution is -2.46. The van der Waals surface area contributed by atoms with Crippen molar-refractivity contribution in [1.82, 2.24) is 25.5 Å². The summed E-state index contributed by atoms with van der Waals surface area (Å²) in [7, 11) is 0. The molecule has 1 aliphatic rings. The summed E-state index contributed by atoms with van der Waals surface area (Å²) in [5.74, 6) is 1.32. The molecular formula is C31H36N6O2. The van der Waals surface area contributed by atoms with Gasteiger partial charge in [0, 0.05) is 42.7 Å². The van der Waals surface area contributed by atoms with E-state index < -0.39 is 5.60 Å². The highest BCUT2D eigenvalue weighted by Gasteiger charge is 2.28. The number of aromatic nitrogens is 4. The molecule has 2 aromatic carbocycles. The number of amides is 1. The first-order valence-corrected chi connectivity index (χ1v) is 13.5. The Kier molecular flexibility index (Phi) is 7.37. The van der Waals surface area contributed by atoms with Crippen LogP contribution in [0.5, 0.6) is 0 Å². The molecule has 1 saturated heterocycles. The van der Waals surface area contributed by atoms with Crippen molar-refractivity contribution >= 4 is 11.8 Å². The number of carbonyl (C=O) groups is 1. The van der Waals surface area contributed by atoms with E-state index in [1.807, 2.05) is 63.5 Å². The molecule has 1 fully saturated rings. The molecule has 1 aliphatic heterocycles. The van der Waals surface area contributed by atoms with E-state index in [9.17, 15) is 4.79 Å². The Morgan fingerprint density at radius 1 is 0.974 bits per heavy atom. The highest BCUT2D eigenvalue weighted by atomic mass is 16.6. The summed E-state index contributed by atoms with van der Waals surface area (Å²) in [6.07, 6.45) is 5.04. The number of pyridine rings is 1. The number of piperidine rings is 1. The second-order valence-corrected chi connectivity index (χ2v) is 11.2. The van der Waals surface area contributed by atoms with Crippen molar-refractivity contribution in [3.8, 4) is 33.9 Å². The van der Waals surface area contributed by atoms with Gasteiger partial charge >= 0.3 is 6.09 Å². The number of hydrogen-bond donors (Lipinski definition) is 2. The summed E-state index contributed by atoms with van der Waals surface area (Å²) < 4.78 is 5.48. The van der Waals surface area contributed by atoms with Crippen LogP contribution in [0.15, 0.2) is 60.9 Å². The second kappa shape index (κ2) is 10.9. The molecule has 4 aromatic rings. The lowest BCUT2D eigenvalue weighted by atomic mass is 9.96. The van der Waals surface area contributed by atoms with Crippen LogP contribution in [0.25, 0.3) is 33.9 Å². The SMILES string of the molecule is Cc1cc(C)cc(-c2cncc(-c3nc(-c4ccccc4)n[nH]3)c2N2CCC(NC(=O)OC(C)(C)C)CC2)c1. The molecule has 2 aromatic heterocycles. The number of benzene rings is 2. The molecule has 0 bridgehead atoms. The quantitative estimate of drug-likeness (QED) is 0.318. The number of anilines is 1. The predicted octanol–water partition coefficient (Wildman–Crippen LogP) is 6.31. The van der Waals surface area contributed by atoms with Gasteiger partial charge in [0.1, 0.15) is 5.60 Å². The fraction of sp³-hybridized carbons (Fsp3) is 0.355. The Bertz CT molecular complexity index is 1430. The van der Waals surface area contributed by atoms with E-state index in [0.717, 1.165) is 53.9 Å². The van der Waals surface area contributed by atoms with Crippen LogP contribution in [0, 0.1) is 13.8 Å². The molecule has 202 valence electrons. The molecule has 8 heteroatoms. The number of nitrogens with zero attached hydrogens (tertiary/aromatic N) is 4. The number of rotatable bonds is 5. The maximum atomic E-state index is 12.4. The third-order valence-electron chi connectivity index (χ3n) is 6.75. The molecule has 0 atom stereocenters. The van der Waals surface area contributed by atoms with E-state index in [1.54, 1.807) is 0 Å². The van der Waals surface area contributed by atoms with Gasteiger partial charge in [-0.15, -0.1) is 0 Å². The first kappa shape index (κ1) is 26.4. The number of alkyl carbamates (subject to hydrolysis) is 1. The van der Waals surface area contributed by atoms with Crippen molar-refractivity contribution in [3.05, 3.63) is 72.1 Å². The summed E-state index contributed by atoms with van der Waals surface area (Å²) in [6, 6.07) is 16.6. The van der Waals surface area contributed by atoms with Crippen molar-refractivity contribution in [1.29, 1.82) is 0 Å². The first-order valence-electron chi connectivity index (χ1n) is 13.5. The molecule has 0 radical (unpaired) electrons. The van der Waals surface area contributed by atoms with Gasteiger partial charge in [0.2, 0.25) is 0 Å². The van der Waals surface area contributed by atoms with E-state index in [4.69, 9.17) is 9.72 Å². The molecule has 39 heavy (non-hydrogen) atoms. The van der Waals surface area contributed by atoms with Gasteiger partial charge in [-0.1, -0.05) is 59.7 Å². The lowest BCUT2D eigenvalue weighted by Gasteiger charge is -2.36. The Morgan fingerprint density at radius 2 is 1.64 bits per heavy atom. The van der Waals surface area contributed by atoms with Crippen LogP contribution in [-0.4, -0.2) is 51.0 Å². The summed E-state index contributed by atoms with van der Waals surface area (Å²) in [5.41, 5.74) is 6.98. The molecule has 0 aliphatic carbocycles. The fourth-order valence-electron chi connectivity index (χ4n) is 5.13. The Labute approximate surface area is 229 Å². The van der Waals surface area contributed by atoms with Crippen LogP contribution in [0.4, 0.5) is 10.5 Å². The highest BCUT2D eigenvalue weighted by molar-refractivity contribution is 5.89. The minimum atomic E-state index is -0.521. The van der Waals surface area contributed by atoms with Crippen molar-refractivity contribution < 1.29 is 9.53 Å². The van der Waals surface area contributed by atoms with E-state index >= 15 is 0 Å². The van der Waals surface area contributed by atoms with Crippen LogP contribution in [-0.2, 0) is 4.74 Å². The van der Waals surface area contributed by atoms with Gasteiger partial charge in [0.25, 0.3) is 0 Å². The third kappa shape index (κ3) is 6.28. The predicted molar refractivity (Wildman–Crippen MR) is 155 cm³/mol. The van der Waals surface area contributed by atoms with Gasteiger partial charge in [0.05, 0.1) is 11.3 Å². The molecule has 0 unspecified atom stereocenters. The Balaban J connectivity index is 1.49. The molecule has 3 heterocycles. The summed E-state index contributed by atoms with van der Waals surface area (Å²) in [5, 5.41) is 10.7. The average Bonchev–Trinajstić information content (AvgIpc) is 3.38. The van der Waals surface area contributed by atoms with Crippen molar-refractivity contribution in [2.75, 3.05) is 18.0 Å². The smallest absolute Gasteiger partial charge is 0.407 e. The topological polar surface area (TPSA) is 96.0 Å². The van der Waals surface area contributed by atoms with E-state index in [1.165, 1.54) is 11.1 Å². The van der Waals surface area contributed by atoms with Crippen molar-refractivity contribution in [2.45, 2.75) is 59.1 Å². The van der Waals surface area contributed by atoms with E-state index in [-0.39, 0.29) is 12.1 Å². The van der Waals surface area contributed by atoms with Gasteiger partial charge in [-0.2, -0.15) is 5.10 Å². The minimum absolute atomic E-state index is 0.0565. The number of H-pyrrole nitrogens is 1. The monoisotopic (exact) mass is 524 g/mol. The van der Waals surface area contributed by atoms with Gasteiger partial charge in [-0.25, -0.2) is 9.78 Å². The van der Waals surface area contributed by atoms with Crippen LogP contribution in [0.1, 0.15) is 44.7 Å². The lowest BCUT2D eigenvalue weighted by molar-refractivity contribution is 0.0497. The van der Waals surface area contributed by atoms with Gasteiger partial charge in [-0.05, 0) is 53.0 Å². The Morgan fingerprint density at radius 3 is 2.31 bits per heavy atom.